The highest BCUT2D eigenvalue weighted by molar-refractivity contribution is 5.97. The monoisotopic (exact) mass is 395 g/mol. The van der Waals surface area contributed by atoms with Crippen LogP contribution < -0.4 is 10.1 Å². The fraction of sp³-hybridized carbons (Fsp3) is 0.364. The molecule has 0 aromatic heterocycles. The maximum Gasteiger partial charge on any atom is 0.246 e. The zero-order valence-corrected chi connectivity index (χ0v) is 16.4. The number of carbonyl (C=O) groups excluding carboxylic acids is 2. The predicted octanol–water partition coefficient (Wildman–Crippen LogP) is 1.15. The van der Waals surface area contributed by atoms with Crippen LogP contribution >= 0.6 is 0 Å². The van der Waals surface area contributed by atoms with Crippen molar-refractivity contribution < 1.29 is 19.4 Å². The van der Waals surface area contributed by atoms with Gasteiger partial charge in [0.15, 0.2) is 0 Å². The number of fused-ring (bicyclic) bond motifs is 1. The van der Waals surface area contributed by atoms with Crippen molar-refractivity contribution in [2.24, 2.45) is 0 Å². The largest absolute Gasteiger partial charge is 0.508 e. The first-order valence-corrected chi connectivity index (χ1v) is 9.77. The fourth-order valence-electron chi connectivity index (χ4n) is 4.04. The van der Waals surface area contributed by atoms with Crippen molar-refractivity contribution in [3.63, 3.8) is 0 Å². The van der Waals surface area contributed by atoms with Gasteiger partial charge in [0.2, 0.25) is 11.8 Å². The number of carbonyl (C=O) groups is 2. The Morgan fingerprint density at radius 3 is 2.66 bits per heavy atom. The topological polar surface area (TPSA) is 82.1 Å². The molecule has 0 bridgehead atoms. The number of nitrogens with zero attached hydrogens (tertiary/aromatic N) is 2. The Labute approximate surface area is 169 Å². The number of aromatic hydroxyl groups is 1. The molecule has 2 amide bonds. The molecular formula is C22H25N3O4. The van der Waals surface area contributed by atoms with Crippen molar-refractivity contribution in [3.05, 3.63) is 59.7 Å². The Morgan fingerprint density at radius 2 is 1.90 bits per heavy atom. The molecule has 2 saturated heterocycles. The maximum atomic E-state index is 13.0. The Bertz CT molecular complexity index is 899. The van der Waals surface area contributed by atoms with E-state index in [2.05, 4.69) is 10.2 Å². The predicted molar refractivity (Wildman–Crippen MR) is 108 cm³/mol. The molecule has 2 aromatic rings. The summed E-state index contributed by atoms with van der Waals surface area (Å²) in [6, 6.07) is 13.6. The number of hydrogen-bond donors (Lipinski definition) is 2. The van der Waals surface area contributed by atoms with E-state index >= 15 is 0 Å². The molecule has 4 rings (SSSR count). The van der Waals surface area contributed by atoms with Crippen molar-refractivity contribution in [2.45, 2.75) is 25.0 Å². The first kappa shape index (κ1) is 19.3. The average molecular weight is 395 g/mol. The number of benzene rings is 2. The number of methoxy groups -OCH3 is 1. The van der Waals surface area contributed by atoms with Crippen molar-refractivity contribution in [1.29, 1.82) is 0 Å². The molecular weight excluding hydrogens is 370 g/mol. The molecule has 7 nitrogen and oxygen atoms in total. The third-order valence-corrected chi connectivity index (χ3v) is 5.58. The van der Waals surface area contributed by atoms with Crippen LogP contribution in [0.15, 0.2) is 48.5 Å². The molecule has 2 aliphatic rings. The lowest BCUT2D eigenvalue weighted by atomic mass is 9.98. The lowest BCUT2D eigenvalue weighted by molar-refractivity contribution is -0.153. The molecule has 2 fully saturated rings. The fourth-order valence-corrected chi connectivity index (χ4v) is 4.04. The van der Waals surface area contributed by atoms with Crippen LogP contribution in [0.1, 0.15) is 11.1 Å². The summed E-state index contributed by atoms with van der Waals surface area (Å²) in [4.78, 5) is 29.6. The van der Waals surface area contributed by atoms with Crippen molar-refractivity contribution in [3.8, 4) is 11.5 Å². The second-order valence-electron chi connectivity index (χ2n) is 7.57. The van der Waals surface area contributed by atoms with Crippen molar-refractivity contribution in [1.82, 2.24) is 15.1 Å². The van der Waals surface area contributed by atoms with E-state index in [4.69, 9.17) is 4.74 Å². The van der Waals surface area contributed by atoms with E-state index in [1.807, 2.05) is 24.3 Å². The van der Waals surface area contributed by atoms with Crippen molar-refractivity contribution >= 4 is 11.8 Å². The number of piperazine rings is 2. The van der Waals surface area contributed by atoms with Crippen LogP contribution in [-0.4, -0.2) is 65.5 Å². The van der Waals surface area contributed by atoms with Gasteiger partial charge in [-0.3, -0.25) is 14.5 Å². The number of ether oxygens (including phenoxy) is 1. The van der Waals surface area contributed by atoms with Crippen LogP contribution in [0.2, 0.25) is 0 Å². The van der Waals surface area contributed by atoms with Crippen LogP contribution in [0.3, 0.4) is 0 Å². The molecule has 7 heteroatoms. The van der Waals surface area contributed by atoms with Crippen LogP contribution in [0, 0.1) is 0 Å². The van der Waals surface area contributed by atoms with Gasteiger partial charge < -0.3 is 20.1 Å². The maximum absolute atomic E-state index is 13.0. The summed E-state index contributed by atoms with van der Waals surface area (Å²) in [5.74, 6) is 0.844. The standard InChI is InChI=1S/C22H25N3O4/c1-29-18-4-2-3-16(11-18)13-24-9-10-25-20(14-24)21(27)23-19(22(25)28)12-15-5-7-17(26)8-6-15/h2-8,11,19-20,26H,9-10,12-14H2,1H3,(H,23,27)/t19-,20-/m1/s1. The van der Waals surface area contributed by atoms with E-state index in [9.17, 15) is 14.7 Å². The molecule has 2 aliphatic heterocycles. The van der Waals surface area contributed by atoms with E-state index in [0.29, 0.717) is 26.1 Å². The van der Waals surface area contributed by atoms with Gasteiger partial charge in [0.05, 0.1) is 7.11 Å². The van der Waals surface area contributed by atoms with Crippen LogP contribution in [0.4, 0.5) is 0 Å². The quantitative estimate of drug-likeness (QED) is 0.794. The molecule has 29 heavy (non-hydrogen) atoms. The first-order valence-electron chi connectivity index (χ1n) is 9.77. The number of amides is 2. The third-order valence-electron chi connectivity index (χ3n) is 5.58. The zero-order valence-electron chi connectivity index (χ0n) is 16.4. The third kappa shape index (κ3) is 4.19. The second-order valence-corrected chi connectivity index (χ2v) is 7.57. The van der Waals surface area contributed by atoms with Gasteiger partial charge in [-0.1, -0.05) is 24.3 Å². The Morgan fingerprint density at radius 1 is 1.10 bits per heavy atom. The van der Waals surface area contributed by atoms with Gasteiger partial charge in [0.25, 0.3) is 0 Å². The highest BCUT2D eigenvalue weighted by Gasteiger charge is 2.43. The molecule has 2 atom stereocenters. The Hall–Kier alpha value is -3.06. The molecule has 0 spiro atoms. The number of phenols is 1. The van der Waals surface area contributed by atoms with Gasteiger partial charge in [-0.05, 0) is 35.4 Å². The smallest absolute Gasteiger partial charge is 0.246 e. The lowest BCUT2D eigenvalue weighted by Gasteiger charge is -2.45. The zero-order chi connectivity index (χ0) is 20.4. The van der Waals surface area contributed by atoms with E-state index in [1.54, 1.807) is 36.3 Å². The van der Waals surface area contributed by atoms with Crippen molar-refractivity contribution in [2.75, 3.05) is 26.7 Å². The summed E-state index contributed by atoms with van der Waals surface area (Å²) in [5, 5.41) is 12.3. The molecule has 0 unspecified atom stereocenters. The van der Waals surface area contributed by atoms with Gasteiger partial charge in [0, 0.05) is 32.6 Å². The first-order chi connectivity index (χ1) is 14.0. The Kier molecular flexibility index (Phi) is 5.40. The van der Waals surface area contributed by atoms with Gasteiger partial charge in [-0.25, -0.2) is 0 Å². The number of phenolic OH excluding ortho intramolecular Hbond substituents is 1. The van der Waals surface area contributed by atoms with Crippen LogP contribution in [0.25, 0.3) is 0 Å². The molecule has 0 radical (unpaired) electrons. The van der Waals surface area contributed by atoms with E-state index in [0.717, 1.165) is 23.4 Å². The summed E-state index contributed by atoms with van der Waals surface area (Å²) < 4.78 is 5.28. The van der Waals surface area contributed by atoms with E-state index in [1.165, 1.54) is 0 Å². The SMILES string of the molecule is COc1cccc(CN2CCN3C(=O)[C@@H](Cc4ccc(O)cc4)NC(=O)[C@H]3C2)c1. The highest BCUT2D eigenvalue weighted by Crippen LogP contribution is 2.21. The van der Waals surface area contributed by atoms with E-state index < -0.39 is 12.1 Å². The minimum absolute atomic E-state index is 0.0382. The minimum atomic E-state index is -0.562. The Balaban J connectivity index is 1.41. The van der Waals surface area contributed by atoms with Gasteiger partial charge in [-0.15, -0.1) is 0 Å². The molecule has 2 N–H and O–H groups in total. The highest BCUT2D eigenvalue weighted by atomic mass is 16.5. The molecule has 0 aliphatic carbocycles. The van der Waals surface area contributed by atoms with Crippen LogP contribution in [-0.2, 0) is 22.6 Å². The van der Waals surface area contributed by atoms with Gasteiger partial charge >= 0.3 is 0 Å². The molecule has 2 aromatic carbocycles. The van der Waals surface area contributed by atoms with Crippen LogP contribution in [0.5, 0.6) is 11.5 Å². The van der Waals surface area contributed by atoms with Gasteiger partial charge in [-0.2, -0.15) is 0 Å². The lowest BCUT2D eigenvalue weighted by Crippen LogP contribution is -2.69. The molecule has 0 saturated carbocycles. The number of hydrogen-bond acceptors (Lipinski definition) is 5. The van der Waals surface area contributed by atoms with Gasteiger partial charge in [0.1, 0.15) is 23.6 Å². The molecule has 2 heterocycles. The average Bonchev–Trinajstić information content (AvgIpc) is 2.73. The second kappa shape index (κ2) is 8.13. The normalized spacial score (nSPS) is 22.2. The number of nitrogens with one attached hydrogen (secondary N) is 1. The van der Waals surface area contributed by atoms with E-state index in [-0.39, 0.29) is 17.6 Å². The minimum Gasteiger partial charge on any atom is -0.508 e. The summed E-state index contributed by atoms with van der Waals surface area (Å²) in [6.45, 7) is 2.48. The molecule has 152 valence electrons. The summed E-state index contributed by atoms with van der Waals surface area (Å²) in [5.41, 5.74) is 2.02. The summed E-state index contributed by atoms with van der Waals surface area (Å²) in [6.07, 6.45) is 0.418. The summed E-state index contributed by atoms with van der Waals surface area (Å²) in [7, 11) is 1.64. The number of rotatable bonds is 5. The summed E-state index contributed by atoms with van der Waals surface area (Å²) >= 11 is 0.